The Morgan fingerprint density at radius 2 is 1.50 bits per heavy atom. The molecule has 0 aromatic carbocycles. The van der Waals surface area contributed by atoms with Crippen LogP contribution in [0, 0.1) is 34.5 Å². The van der Waals surface area contributed by atoms with Crippen molar-refractivity contribution in [2.24, 2.45) is 34.5 Å². The van der Waals surface area contributed by atoms with Crippen molar-refractivity contribution in [2.45, 2.75) is 90.3 Å². The van der Waals surface area contributed by atoms with Crippen molar-refractivity contribution in [3.8, 4) is 0 Å². The Morgan fingerprint density at radius 1 is 0.773 bits per heavy atom. The fourth-order valence-electron chi connectivity index (χ4n) is 7.41. The number of hydrogen-bond donors (Lipinski definition) is 2. The third-order valence-corrected chi connectivity index (χ3v) is 8.83. The summed E-state index contributed by atoms with van der Waals surface area (Å²) >= 11 is 0. The summed E-state index contributed by atoms with van der Waals surface area (Å²) in [4.78, 5) is 0. The van der Waals surface area contributed by atoms with Gasteiger partial charge in [0.2, 0.25) is 0 Å². The molecular weight excluding hydrogens is 272 g/mol. The van der Waals surface area contributed by atoms with E-state index in [9.17, 15) is 10.2 Å². The van der Waals surface area contributed by atoms with Gasteiger partial charge in [-0.05, 0) is 92.3 Å². The Morgan fingerprint density at radius 3 is 2.32 bits per heavy atom. The molecule has 0 aliphatic heterocycles. The van der Waals surface area contributed by atoms with Crippen molar-refractivity contribution in [2.75, 3.05) is 0 Å². The maximum Gasteiger partial charge on any atom is 0.0596 e. The molecular formula is C20H34O2. The fraction of sp³-hybridized carbons (Fsp3) is 1.00. The standard InChI is InChI=1S/C20H34O2/c1-19-10-8-14(21)12-13(19)4-3-5-15-16-6-7-18(22)20(16,2)11-9-17(15)19/h13-18,21-22H,3-12H2,1-2H3. The quantitative estimate of drug-likeness (QED) is 0.706. The normalized spacial score (nSPS) is 58.4. The molecule has 4 saturated carbocycles. The largest absolute Gasteiger partial charge is 0.393 e. The van der Waals surface area contributed by atoms with E-state index < -0.39 is 0 Å². The van der Waals surface area contributed by atoms with Crippen LogP contribution in [0.3, 0.4) is 0 Å². The molecule has 0 amide bonds. The van der Waals surface area contributed by atoms with E-state index in [0.717, 1.165) is 42.9 Å². The third-order valence-electron chi connectivity index (χ3n) is 8.83. The van der Waals surface area contributed by atoms with Gasteiger partial charge in [0.15, 0.2) is 0 Å². The van der Waals surface area contributed by atoms with Gasteiger partial charge in [-0.1, -0.05) is 20.3 Å². The first-order valence-corrected chi connectivity index (χ1v) is 9.81. The van der Waals surface area contributed by atoms with Crippen molar-refractivity contribution in [3.05, 3.63) is 0 Å². The molecule has 2 nitrogen and oxygen atoms in total. The zero-order valence-electron chi connectivity index (χ0n) is 14.4. The highest BCUT2D eigenvalue weighted by molar-refractivity contribution is 5.08. The van der Waals surface area contributed by atoms with Crippen molar-refractivity contribution >= 4 is 0 Å². The summed E-state index contributed by atoms with van der Waals surface area (Å²) in [5.74, 6) is 3.17. The molecule has 0 aromatic heterocycles. The van der Waals surface area contributed by atoms with Crippen LogP contribution in [0.15, 0.2) is 0 Å². The van der Waals surface area contributed by atoms with Gasteiger partial charge in [0.1, 0.15) is 0 Å². The number of aliphatic hydroxyl groups excluding tert-OH is 2. The van der Waals surface area contributed by atoms with E-state index in [1.807, 2.05) is 0 Å². The van der Waals surface area contributed by atoms with Crippen LogP contribution in [-0.4, -0.2) is 22.4 Å². The highest BCUT2D eigenvalue weighted by Crippen LogP contribution is 2.64. The van der Waals surface area contributed by atoms with Crippen LogP contribution in [0.4, 0.5) is 0 Å². The second-order valence-electron chi connectivity index (χ2n) is 9.58. The van der Waals surface area contributed by atoms with Gasteiger partial charge in [-0.25, -0.2) is 0 Å². The highest BCUT2D eigenvalue weighted by atomic mass is 16.3. The van der Waals surface area contributed by atoms with Gasteiger partial charge in [0.05, 0.1) is 12.2 Å². The first-order chi connectivity index (χ1) is 10.4. The molecule has 22 heavy (non-hydrogen) atoms. The average molecular weight is 306 g/mol. The number of aliphatic hydroxyl groups is 2. The van der Waals surface area contributed by atoms with E-state index in [0.29, 0.717) is 5.41 Å². The summed E-state index contributed by atoms with van der Waals surface area (Å²) in [6, 6.07) is 0. The van der Waals surface area contributed by atoms with Crippen LogP contribution in [0.5, 0.6) is 0 Å². The van der Waals surface area contributed by atoms with Gasteiger partial charge in [-0.15, -0.1) is 0 Å². The van der Waals surface area contributed by atoms with Crippen molar-refractivity contribution in [3.63, 3.8) is 0 Å². The van der Waals surface area contributed by atoms with Crippen LogP contribution in [0.2, 0.25) is 0 Å². The summed E-state index contributed by atoms with van der Waals surface area (Å²) in [5.41, 5.74) is 0.654. The van der Waals surface area contributed by atoms with Crippen LogP contribution in [-0.2, 0) is 0 Å². The molecule has 0 radical (unpaired) electrons. The molecule has 4 fully saturated rings. The zero-order valence-corrected chi connectivity index (χ0v) is 14.4. The van der Waals surface area contributed by atoms with E-state index in [1.165, 1.54) is 44.9 Å². The lowest BCUT2D eigenvalue weighted by Crippen LogP contribution is -2.50. The summed E-state index contributed by atoms with van der Waals surface area (Å²) in [7, 11) is 0. The molecule has 8 atom stereocenters. The second kappa shape index (κ2) is 5.21. The van der Waals surface area contributed by atoms with Gasteiger partial charge < -0.3 is 10.2 Å². The van der Waals surface area contributed by atoms with Crippen LogP contribution < -0.4 is 0 Å². The molecule has 0 heterocycles. The van der Waals surface area contributed by atoms with Crippen LogP contribution in [0.25, 0.3) is 0 Å². The molecule has 0 spiro atoms. The predicted octanol–water partition coefficient (Wildman–Crippen LogP) is 4.14. The molecule has 126 valence electrons. The highest BCUT2D eigenvalue weighted by Gasteiger charge is 2.58. The summed E-state index contributed by atoms with van der Waals surface area (Å²) in [6.07, 6.45) is 12.1. The molecule has 4 rings (SSSR count). The first kappa shape index (κ1) is 15.4. The minimum atomic E-state index is -0.0570. The van der Waals surface area contributed by atoms with E-state index >= 15 is 0 Å². The van der Waals surface area contributed by atoms with Gasteiger partial charge in [0.25, 0.3) is 0 Å². The van der Waals surface area contributed by atoms with Crippen LogP contribution >= 0.6 is 0 Å². The molecule has 0 bridgehead atoms. The second-order valence-corrected chi connectivity index (χ2v) is 9.58. The summed E-state index contributed by atoms with van der Waals surface area (Å²) in [5, 5.41) is 20.7. The molecule has 4 aliphatic rings. The van der Waals surface area contributed by atoms with E-state index in [-0.39, 0.29) is 17.6 Å². The molecule has 4 aliphatic carbocycles. The van der Waals surface area contributed by atoms with Crippen molar-refractivity contribution in [1.29, 1.82) is 0 Å². The molecule has 2 heteroatoms. The Hall–Kier alpha value is -0.0800. The van der Waals surface area contributed by atoms with Gasteiger partial charge in [0, 0.05) is 0 Å². The molecule has 0 saturated heterocycles. The topological polar surface area (TPSA) is 40.5 Å². The van der Waals surface area contributed by atoms with E-state index in [4.69, 9.17) is 0 Å². The molecule has 8 unspecified atom stereocenters. The Labute approximate surface area is 135 Å². The van der Waals surface area contributed by atoms with Gasteiger partial charge in [-0.3, -0.25) is 0 Å². The summed E-state index contributed by atoms with van der Waals surface area (Å²) in [6.45, 7) is 4.93. The molecule has 2 N–H and O–H groups in total. The zero-order chi connectivity index (χ0) is 15.5. The monoisotopic (exact) mass is 306 g/mol. The minimum Gasteiger partial charge on any atom is -0.393 e. The maximum absolute atomic E-state index is 10.5. The van der Waals surface area contributed by atoms with Crippen molar-refractivity contribution < 1.29 is 10.2 Å². The fourth-order valence-corrected chi connectivity index (χ4v) is 7.41. The van der Waals surface area contributed by atoms with Gasteiger partial charge in [-0.2, -0.15) is 0 Å². The Kier molecular flexibility index (Phi) is 3.66. The van der Waals surface area contributed by atoms with Crippen LogP contribution in [0.1, 0.15) is 78.1 Å². The Balaban J connectivity index is 1.65. The predicted molar refractivity (Wildman–Crippen MR) is 88.4 cm³/mol. The van der Waals surface area contributed by atoms with E-state index in [2.05, 4.69) is 13.8 Å². The lowest BCUT2D eigenvalue weighted by Gasteiger charge is -2.55. The third kappa shape index (κ3) is 2.05. The summed E-state index contributed by atoms with van der Waals surface area (Å²) < 4.78 is 0. The first-order valence-electron chi connectivity index (χ1n) is 9.81. The Bertz CT molecular complexity index is 435. The van der Waals surface area contributed by atoms with Gasteiger partial charge >= 0.3 is 0 Å². The maximum atomic E-state index is 10.5. The smallest absolute Gasteiger partial charge is 0.0596 e. The SMILES string of the molecule is CC12CCC3C(CCCC4CC(O)CCC43C)C1CCC2O. The lowest BCUT2D eigenvalue weighted by atomic mass is 9.50. The van der Waals surface area contributed by atoms with E-state index in [1.54, 1.807) is 0 Å². The number of fused-ring (bicyclic) bond motifs is 5. The number of rotatable bonds is 0. The average Bonchev–Trinajstić information content (AvgIpc) is 2.70. The number of hydrogen-bond acceptors (Lipinski definition) is 2. The van der Waals surface area contributed by atoms with Crippen molar-refractivity contribution in [1.82, 2.24) is 0 Å². The lowest BCUT2D eigenvalue weighted by molar-refractivity contribution is -0.0954. The minimum absolute atomic E-state index is 0.0446. The molecule has 0 aromatic rings.